The lowest BCUT2D eigenvalue weighted by Crippen LogP contribution is -2.53. The zero-order valence-electron chi connectivity index (χ0n) is 22.1. The largest absolute Gasteiger partial charge is 0.392 e. The van der Waals surface area contributed by atoms with Gasteiger partial charge in [-0.05, 0) is 64.1 Å². The molecule has 37 heavy (non-hydrogen) atoms. The van der Waals surface area contributed by atoms with Crippen LogP contribution >= 0.6 is 0 Å². The molecule has 1 aliphatic carbocycles. The lowest BCUT2D eigenvalue weighted by molar-refractivity contribution is 0.0874. The number of aliphatic hydroxyl groups is 1. The van der Waals surface area contributed by atoms with E-state index in [0.29, 0.717) is 36.6 Å². The zero-order valence-corrected chi connectivity index (χ0v) is 22.1. The fourth-order valence-corrected chi connectivity index (χ4v) is 6.06. The molecule has 3 N–H and O–H groups in total. The van der Waals surface area contributed by atoms with E-state index in [1.807, 2.05) is 32.2 Å². The first-order valence-electron chi connectivity index (χ1n) is 13.3. The third-order valence-electron chi connectivity index (χ3n) is 7.96. The van der Waals surface area contributed by atoms with Crippen LogP contribution in [0.2, 0.25) is 0 Å². The van der Waals surface area contributed by atoms with Crippen LogP contribution in [0.4, 0.5) is 17.3 Å². The third-order valence-corrected chi connectivity index (χ3v) is 7.96. The van der Waals surface area contributed by atoms with Gasteiger partial charge < -0.3 is 25.2 Å². The van der Waals surface area contributed by atoms with E-state index in [4.69, 9.17) is 4.99 Å². The van der Waals surface area contributed by atoms with Crippen LogP contribution < -0.4 is 15.5 Å². The smallest absolute Gasteiger partial charge is 0.268 e. The number of carbonyl (C=O) groups is 1. The molecule has 2 aromatic rings. The van der Waals surface area contributed by atoms with E-state index < -0.39 is 0 Å². The molecule has 0 radical (unpaired) electrons. The number of aromatic nitrogens is 2. The topological polar surface area (TPSA) is 110 Å². The molecular weight excluding hydrogens is 468 g/mol. The highest BCUT2D eigenvalue weighted by atomic mass is 16.3. The summed E-state index contributed by atoms with van der Waals surface area (Å²) < 4.78 is 2.13. The average molecular weight is 507 g/mol. The maximum Gasteiger partial charge on any atom is 0.268 e. The molecule has 3 aliphatic rings. The molecule has 1 saturated heterocycles. The number of piperazine rings is 1. The third kappa shape index (κ3) is 5.00. The Hall–Kier alpha value is -3.24. The summed E-state index contributed by atoms with van der Waals surface area (Å²) >= 11 is 0. The first-order valence-corrected chi connectivity index (χ1v) is 13.3. The van der Waals surface area contributed by atoms with Gasteiger partial charge in [0.05, 0.1) is 23.5 Å². The van der Waals surface area contributed by atoms with Crippen molar-refractivity contribution in [3.05, 3.63) is 35.7 Å². The van der Waals surface area contributed by atoms with Crippen LogP contribution in [0.15, 0.2) is 34.4 Å². The molecule has 0 unspecified atom stereocenters. The number of β-amino-alcohol motifs (C(OH)–C–C–N with tert-alkyl or cyclic N) is 1. The van der Waals surface area contributed by atoms with E-state index in [2.05, 4.69) is 54.7 Å². The van der Waals surface area contributed by atoms with Crippen LogP contribution in [0, 0.1) is 6.92 Å². The minimum atomic E-state index is -0.322. The molecule has 1 spiro atoms. The summed E-state index contributed by atoms with van der Waals surface area (Å²) in [7, 11) is 0. The van der Waals surface area contributed by atoms with Gasteiger partial charge in [0.1, 0.15) is 17.3 Å². The minimum absolute atomic E-state index is 0.0542. The number of rotatable bonds is 5. The number of aliphatic hydroxyl groups excluding tert-OH is 1. The number of anilines is 2. The van der Waals surface area contributed by atoms with Gasteiger partial charge >= 0.3 is 0 Å². The number of nitrogens with zero attached hydrogens (tertiary/aromatic N) is 6. The summed E-state index contributed by atoms with van der Waals surface area (Å²) in [5, 5.41) is 16.0. The van der Waals surface area contributed by atoms with Crippen molar-refractivity contribution in [3.63, 3.8) is 0 Å². The Labute approximate surface area is 218 Å². The lowest BCUT2D eigenvalue weighted by atomic mass is 9.94. The van der Waals surface area contributed by atoms with Crippen LogP contribution in [0.25, 0.3) is 0 Å². The van der Waals surface area contributed by atoms with Gasteiger partial charge in [0, 0.05) is 38.8 Å². The number of aliphatic imine (C=N–C) groups is 2. The van der Waals surface area contributed by atoms with Crippen LogP contribution in [0.5, 0.6) is 0 Å². The number of guanidine groups is 1. The molecule has 0 bridgehead atoms. The summed E-state index contributed by atoms with van der Waals surface area (Å²) in [6, 6.07) is 6.25. The van der Waals surface area contributed by atoms with Gasteiger partial charge in [-0.2, -0.15) is 4.99 Å². The highest BCUT2D eigenvalue weighted by Crippen LogP contribution is 2.43. The van der Waals surface area contributed by atoms with Crippen molar-refractivity contribution < 1.29 is 9.90 Å². The highest BCUT2D eigenvalue weighted by molar-refractivity contribution is 5.99. The van der Waals surface area contributed by atoms with Crippen molar-refractivity contribution in [3.8, 4) is 0 Å². The molecule has 1 saturated carbocycles. The maximum atomic E-state index is 12.6. The number of hydrogen-bond acceptors (Lipinski definition) is 6. The van der Waals surface area contributed by atoms with E-state index in [1.54, 1.807) is 0 Å². The number of amides is 1. The monoisotopic (exact) mass is 506 g/mol. The molecule has 10 heteroatoms. The lowest BCUT2D eigenvalue weighted by Gasteiger charge is -2.41. The van der Waals surface area contributed by atoms with Crippen LogP contribution in [0.1, 0.15) is 55.6 Å². The molecule has 2 aliphatic heterocycles. The first-order chi connectivity index (χ1) is 17.8. The van der Waals surface area contributed by atoms with Gasteiger partial charge in [0.15, 0.2) is 0 Å². The molecule has 2 atom stereocenters. The molecule has 1 amide bonds. The molecule has 4 heterocycles. The number of fused-ring (bicyclic) bond motifs is 2. The van der Waals surface area contributed by atoms with Crippen LogP contribution in [-0.4, -0.2) is 83.0 Å². The van der Waals surface area contributed by atoms with Gasteiger partial charge in [-0.15, -0.1) is 0 Å². The van der Waals surface area contributed by atoms with Crippen molar-refractivity contribution in [1.82, 2.24) is 19.8 Å². The van der Waals surface area contributed by atoms with Gasteiger partial charge in [-0.25, -0.2) is 9.98 Å². The van der Waals surface area contributed by atoms with Crippen molar-refractivity contribution in [2.45, 2.75) is 64.1 Å². The average Bonchev–Trinajstić information content (AvgIpc) is 3.48. The molecule has 2 aromatic heterocycles. The van der Waals surface area contributed by atoms with Crippen molar-refractivity contribution in [2.75, 3.05) is 42.9 Å². The Balaban J connectivity index is 1.33. The quantitative estimate of drug-likeness (QED) is 0.425. The Morgan fingerprint density at radius 3 is 2.78 bits per heavy atom. The molecular formula is C27H38N8O2. The van der Waals surface area contributed by atoms with Crippen molar-refractivity contribution in [2.24, 2.45) is 9.98 Å². The van der Waals surface area contributed by atoms with E-state index in [1.165, 1.54) is 0 Å². The summed E-state index contributed by atoms with van der Waals surface area (Å²) in [5.41, 5.74) is 2.54. The van der Waals surface area contributed by atoms with E-state index in [9.17, 15) is 9.90 Å². The number of nitrogens with one attached hydrogen (secondary N) is 2. The first kappa shape index (κ1) is 25.4. The van der Waals surface area contributed by atoms with Crippen LogP contribution in [0.3, 0.4) is 0 Å². The molecule has 5 rings (SSSR count). The zero-order chi connectivity index (χ0) is 26.2. The van der Waals surface area contributed by atoms with Crippen molar-refractivity contribution >= 4 is 35.9 Å². The second-order valence-electron chi connectivity index (χ2n) is 10.7. The fraction of sp³-hybridized carbons (Fsp3) is 0.556. The Morgan fingerprint density at radius 2 is 2.14 bits per heavy atom. The molecule has 198 valence electrons. The fourth-order valence-electron chi connectivity index (χ4n) is 6.06. The summed E-state index contributed by atoms with van der Waals surface area (Å²) in [5.74, 6) is 1.68. The predicted molar refractivity (Wildman–Crippen MR) is 147 cm³/mol. The minimum Gasteiger partial charge on any atom is -0.392 e. The maximum absolute atomic E-state index is 12.6. The number of carbonyl (C=O) groups excluding carboxylic acids is 1. The number of hydrogen-bond donors (Lipinski definition) is 3. The van der Waals surface area contributed by atoms with Gasteiger partial charge in [-0.3, -0.25) is 9.69 Å². The normalized spacial score (nSPS) is 22.6. The van der Waals surface area contributed by atoms with Gasteiger partial charge in [0.2, 0.25) is 5.96 Å². The second kappa shape index (κ2) is 10.3. The summed E-state index contributed by atoms with van der Waals surface area (Å²) in [6.07, 6.45) is 5.88. The molecule has 2 fully saturated rings. The standard InChI is InChI=1S/C27H38N8O2/c1-18-13-22-25(37)30-17-27(9-5-6-10-27)35(22)24(18)32-26(28-4)31-23-8-7-21(14-29-23)34-12-11-33(16-20(3)36)19(2)15-34/h7-8,13-14,19-20,36H,4-6,9-12,15-17H2,1-3H3,(H,30,37)(H,29,31,32)/t19-,20+/m1/s1. The van der Waals surface area contributed by atoms with E-state index in [-0.39, 0.29) is 17.6 Å². The predicted octanol–water partition coefficient (Wildman–Crippen LogP) is 2.90. The van der Waals surface area contributed by atoms with Crippen LogP contribution in [-0.2, 0) is 5.54 Å². The van der Waals surface area contributed by atoms with E-state index >= 15 is 0 Å². The highest BCUT2D eigenvalue weighted by Gasteiger charge is 2.43. The van der Waals surface area contributed by atoms with Gasteiger partial charge in [-0.1, -0.05) is 12.8 Å². The Bertz CT molecular complexity index is 1180. The second-order valence-corrected chi connectivity index (χ2v) is 10.7. The molecule has 10 nitrogen and oxygen atoms in total. The summed E-state index contributed by atoms with van der Waals surface area (Å²) in [4.78, 5) is 30.9. The Morgan fingerprint density at radius 1 is 1.35 bits per heavy atom. The number of pyridine rings is 1. The SMILES string of the molecule is C=NC(=Nc1c(C)cc2n1C1(CCCC1)CNC2=O)Nc1ccc(N2CCN(C[C@H](C)O)[C@H](C)C2)cn1. The van der Waals surface area contributed by atoms with Crippen molar-refractivity contribution in [1.29, 1.82) is 0 Å². The summed E-state index contributed by atoms with van der Waals surface area (Å²) in [6.45, 7) is 13.7. The van der Waals surface area contributed by atoms with E-state index in [0.717, 1.165) is 62.4 Å². The molecule has 0 aromatic carbocycles. The van der Waals surface area contributed by atoms with Gasteiger partial charge in [0.25, 0.3) is 5.91 Å². The Kier molecular flexibility index (Phi) is 7.04. The number of aryl methyl sites for hydroxylation is 1.